The van der Waals surface area contributed by atoms with Gasteiger partial charge < -0.3 is 15.4 Å². The van der Waals surface area contributed by atoms with E-state index in [1.54, 1.807) is 30.3 Å². The summed E-state index contributed by atoms with van der Waals surface area (Å²) in [5.41, 5.74) is 6.62. The summed E-state index contributed by atoms with van der Waals surface area (Å²) < 4.78 is 6.90. The Labute approximate surface area is 301 Å². The lowest BCUT2D eigenvalue weighted by molar-refractivity contribution is 0.00682. The summed E-state index contributed by atoms with van der Waals surface area (Å²) in [5.74, 6) is -1.71. The molecule has 2 heterocycles. The maximum absolute atomic E-state index is 14.1. The van der Waals surface area contributed by atoms with Crippen LogP contribution in [0.3, 0.4) is 0 Å². The van der Waals surface area contributed by atoms with Gasteiger partial charge in [0.25, 0.3) is 11.8 Å². The minimum absolute atomic E-state index is 0.0169. The molecule has 1 aliphatic rings. The van der Waals surface area contributed by atoms with Gasteiger partial charge in [-0.05, 0) is 105 Å². The van der Waals surface area contributed by atoms with E-state index >= 15 is 0 Å². The number of esters is 1. The molecule has 51 heavy (non-hydrogen) atoms. The predicted molar refractivity (Wildman–Crippen MR) is 194 cm³/mol. The molecule has 0 saturated carbocycles. The molecule has 0 unspecified atom stereocenters. The molecule has 10 nitrogen and oxygen atoms in total. The van der Waals surface area contributed by atoms with Crippen molar-refractivity contribution in [1.29, 1.82) is 0 Å². The highest BCUT2D eigenvalue weighted by Gasteiger charge is 2.31. The number of carbonyl (C=O) groups is 4. The zero-order valence-electron chi connectivity index (χ0n) is 29.5. The molecule has 0 bridgehead atoms. The lowest BCUT2D eigenvalue weighted by atomic mass is 9.97. The van der Waals surface area contributed by atoms with Gasteiger partial charge in [-0.2, -0.15) is 5.10 Å². The van der Waals surface area contributed by atoms with E-state index in [-0.39, 0.29) is 47.4 Å². The molecule has 262 valence electrons. The zero-order chi connectivity index (χ0) is 36.6. The topological polar surface area (TPSA) is 132 Å². The normalized spacial score (nSPS) is 13.9. The van der Waals surface area contributed by atoms with Gasteiger partial charge in [-0.15, -0.1) is 0 Å². The van der Waals surface area contributed by atoms with Gasteiger partial charge in [-0.3, -0.25) is 14.4 Å². The number of amides is 2. The second-order valence-electron chi connectivity index (χ2n) is 14.0. The van der Waals surface area contributed by atoms with Crippen LogP contribution in [0.2, 0.25) is 5.02 Å². The maximum atomic E-state index is 14.1. The minimum Gasteiger partial charge on any atom is -0.456 e. The Morgan fingerprint density at radius 3 is 2.43 bits per heavy atom. The van der Waals surface area contributed by atoms with Crippen LogP contribution in [0, 0.1) is 20.8 Å². The van der Waals surface area contributed by atoms with Crippen LogP contribution in [0.5, 0.6) is 0 Å². The van der Waals surface area contributed by atoms with Gasteiger partial charge in [0.1, 0.15) is 17.0 Å². The third-order valence-corrected chi connectivity index (χ3v) is 9.56. The quantitative estimate of drug-likeness (QED) is 0.124. The first-order chi connectivity index (χ1) is 24.2. The summed E-state index contributed by atoms with van der Waals surface area (Å²) >= 11 is 6.34. The molecule has 0 aliphatic heterocycles. The van der Waals surface area contributed by atoms with E-state index in [1.165, 1.54) is 16.8 Å². The summed E-state index contributed by atoms with van der Waals surface area (Å²) in [7, 11) is 0. The summed E-state index contributed by atoms with van der Waals surface area (Å²) in [6.45, 7) is 11.6. The molecule has 0 spiro atoms. The molecule has 1 atom stereocenters. The number of hydrogen-bond acceptors (Lipinski definition) is 7. The number of rotatable bonds is 9. The van der Waals surface area contributed by atoms with E-state index in [0.29, 0.717) is 29.0 Å². The number of hydrogen-bond donors (Lipinski definition) is 2. The number of ketones is 1. The molecule has 6 rings (SSSR count). The monoisotopic (exact) mass is 705 g/mol. The van der Waals surface area contributed by atoms with Crippen LogP contribution in [0.15, 0.2) is 66.9 Å². The third kappa shape index (κ3) is 7.56. The third-order valence-electron chi connectivity index (χ3n) is 9.19. The van der Waals surface area contributed by atoms with Crippen molar-refractivity contribution < 1.29 is 23.9 Å². The molecule has 2 amide bonds. The highest BCUT2D eigenvalue weighted by atomic mass is 35.5. The Morgan fingerprint density at radius 1 is 0.941 bits per heavy atom. The maximum Gasteiger partial charge on any atom is 0.338 e. The molecule has 0 saturated heterocycles. The Hall–Kier alpha value is -5.35. The van der Waals surface area contributed by atoms with Crippen molar-refractivity contribution in [2.75, 3.05) is 0 Å². The van der Waals surface area contributed by atoms with E-state index in [1.807, 2.05) is 65.8 Å². The van der Waals surface area contributed by atoms with Gasteiger partial charge in [0.2, 0.25) is 0 Å². The lowest BCUT2D eigenvalue weighted by Gasteiger charge is -2.21. The van der Waals surface area contributed by atoms with E-state index in [0.717, 1.165) is 33.4 Å². The van der Waals surface area contributed by atoms with Gasteiger partial charge >= 0.3 is 5.97 Å². The zero-order valence-corrected chi connectivity index (χ0v) is 30.3. The van der Waals surface area contributed by atoms with Gasteiger partial charge in [-0.1, -0.05) is 54.1 Å². The first kappa shape index (κ1) is 35.5. The molecular formula is C40H40ClN5O5. The molecule has 0 fully saturated rings. The number of nitrogens with one attached hydrogen (secondary N) is 2. The summed E-state index contributed by atoms with van der Waals surface area (Å²) in [4.78, 5) is 58.7. The first-order valence-electron chi connectivity index (χ1n) is 16.9. The smallest absolute Gasteiger partial charge is 0.338 e. The van der Waals surface area contributed by atoms with Crippen LogP contribution in [-0.4, -0.2) is 43.8 Å². The Balaban J connectivity index is 1.32. The number of carbonyl (C=O) groups excluding carboxylic acids is 4. The van der Waals surface area contributed by atoms with Crippen molar-refractivity contribution in [3.05, 3.63) is 133 Å². The van der Waals surface area contributed by atoms with Gasteiger partial charge in [-0.25, -0.2) is 14.3 Å². The van der Waals surface area contributed by atoms with Crippen molar-refractivity contribution in [1.82, 2.24) is 25.2 Å². The summed E-state index contributed by atoms with van der Waals surface area (Å²) in [5, 5.41) is 10.8. The highest BCUT2D eigenvalue weighted by molar-refractivity contribution is 6.31. The lowest BCUT2D eigenvalue weighted by Crippen LogP contribution is -2.31. The van der Waals surface area contributed by atoms with Crippen LogP contribution in [0.4, 0.5) is 0 Å². The number of aryl methyl sites for hydroxylation is 2. The average molecular weight is 706 g/mol. The SMILES string of the molecule is Cc1ccc(CNC(=O)c2cc(C(=O)N[C@H]3CCc4c3ccc(C(=O)OC(C)(C)C)c4C)n3ncc(C(=O)Cc4ccccc4Cl)c3n2)cc1C. The average Bonchev–Trinajstić information content (AvgIpc) is 3.70. The summed E-state index contributed by atoms with van der Waals surface area (Å²) in [6.07, 6.45) is 2.61. The molecule has 2 N–H and O–H groups in total. The fourth-order valence-electron chi connectivity index (χ4n) is 6.35. The van der Waals surface area contributed by atoms with E-state index < -0.39 is 23.4 Å². The van der Waals surface area contributed by atoms with Crippen LogP contribution < -0.4 is 10.6 Å². The van der Waals surface area contributed by atoms with Crippen molar-refractivity contribution >= 4 is 40.8 Å². The van der Waals surface area contributed by atoms with Crippen LogP contribution >= 0.6 is 11.6 Å². The van der Waals surface area contributed by atoms with Crippen molar-refractivity contribution in [3.63, 3.8) is 0 Å². The molecule has 0 radical (unpaired) electrons. The van der Waals surface area contributed by atoms with Crippen molar-refractivity contribution in [2.45, 2.75) is 79.0 Å². The number of Topliss-reactive ketones (excluding diaryl/α,β-unsaturated/α-hetero) is 1. The fourth-order valence-corrected chi connectivity index (χ4v) is 6.55. The number of benzene rings is 3. The molecule has 11 heteroatoms. The Kier molecular flexibility index (Phi) is 9.81. The van der Waals surface area contributed by atoms with Gasteiger partial charge in [0.05, 0.1) is 23.4 Å². The Bertz CT molecular complexity index is 2220. The second kappa shape index (κ2) is 14.1. The number of aromatic nitrogens is 3. The first-order valence-corrected chi connectivity index (χ1v) is 17.2. The van der Waals surface area contributed by atoms with Crippen LogP contribution in [-0.2, 0) is 24.1 Å². The minimum atomic E-state index is -0.629. The number of nitrogens with zero attached hydrogens (tertiary/aromatic N) is 3. The number of ether oxygens (including phenoxy) is 1. The molecular weight excluding hydrogens is 666 g/mol. The van der Waals surface area contributed by atoms with E-state index in [9.17, 15) is 19.2 Å². The van der Waals surface area contributed by atoms with Gasteiger partial charge in [0, 0.05) is 24.1 Å². The molecule has 5 aromatic rings. The van der Waals surface area contributed by atoms with Crippen molar-refractivity contribution in [3.8, 4) is 0 Å². The number of fused-ring (bicyclic) bond motifs is 2. The number of halogens is 1. The standard InChI is InChI=1S/C40H40ClN5O5/c1-22-11-12-25(17-23(22)2)20-42-37(48)33-19-34(46-36(44-33)30(21-43-46)35(47)18-26-9-7-8-10-31(26)41)38(49)45-32-16-15-27-24(3)28(13-14-29(27)32)39(50)51-40(4,5)6/h7-14,17,19,21,32H,15-16,18,20H2,1-6H3,(H,42,48)(H,45,49)/t32-/m0/s1. The molecule has 1 aliphatic carbocycles. The summed E-state index contributed by atoms with van der Waals surface area (Å²) in [6, 6.07) is 17.6. The molecule has 2 aromatic heterocycles. The fraction of sp³-hybridized carbons (Fsp3) is 0.300. The van der Waals surface area contributed by atoms with Crippen molar-refractivity contribution in [2.24, 2.45) is 0 Å². The largest absolute Gasteiger partial charge is 0.456 e. The molecule has 3 aromatic carbocycles. The highest BCUT2D eigenvalue weighted by Crippen LogP contribution is 2.35. The van der Waals surface area contributed by atoms with Crippen LogP contribution in [0.25, 0.3) is 5.65 Å². The predicted octanol–water partition coefficient (Wildman–Crippen LogP) is 7.04. The van der Waals surface area contributed by atoms with E-state index in [2.05, 4.69) is 20.7 Å². The Morgan fingerprint density at radius 2 is 1.71 bits per heavy atom. The van der Waals surface area contributed by atoms with Crippen LogP contribution in [0.1, 0.15) is 114 Å². The van der Waals surface area contributed by atoms with Gasteiger partial charge in [0.15, 0.2) is 11.4 Å². The van der Waals surface area contributed by atoms with E-state index in [4.69, 9.17) is 16.3 Å². The second-order valence-corrected chi connectivity index (χ2v) is 14.4.